The molecule has 290 valence electrons. The van der Waals surface area contributed by atoms with Gasteiger partial charge in [0.25, 0.3) is 0 Å². The van der Waals surface area contributed by atoms with E-state index in [-0.39, 0.29) is 5.92 Å². The molecule has 13 rings (SSSR count). The first-order chi connectivity index (χ1) is 30.7. The predicted molar refractivity (Wildman–Crippen MR) is 269 cm³/mol. The summed E-state index contributed by atoms with van der Waals surface area (Å²) in [6.45, 7) is 0. The second-order valence-corrected chi connectivity index (χ2v) is 18.5. The van der Waals surface area contributed by atoms with Crippen molar-refractivity contribution in [2.45, 2.75) is 5.92 Å². The molecule has 3 heteroatoms. The molecule has 1 atom stereocenters. The first kappa shape index (κ1) is 35.5. The second kappa shape index (κ2) is 14.1. The highest BCUT2D eigenvalue weighted by Crippen LogP contribution is 2.45. The van der Waals surface area contributed by atoms with E-state index in [0.29, 0.717) is 0 Å². The zero-order valence-electron chi connectivity index (χ0n) is 33.6. The van der Waals surface area contributed by atoms with Gasteiger partial charge >= 0.3 is 0 Å². The molecule has 10 aromatic carbocycles. The Morgan fingerprint density at radius 3 is 1.79 bits per heavy atom. The molecule has 0 saturated heterocycles. The molecule has 13 aromatic rings. The molecule has 62 heavy (non-hydrogen) atoms. The van der Waals surface area contributed by atoms with E-state index in [2.05, 4.69) is 223 Å². The SMILES string of the molecule is c1ccc(-n2c3ccccc3c3cc(C(c4ccc(-c5cccc6sc7ccccc7c56)cc4)c4cccc(-c5cc6c7ccccc7sc6c6ccccc56)c4)ccc32)cc1. The molecule has 0 aliphatic carbocycles. The van der Waals surface area contributed by atoms with Crippen molar-refractivity contribution in [1.82, 2.24) is 4.57 Å². The van der Waals surface area contributed by atoms with E-state index >= 15 is 0 Å². The van der Waals surface area contributed by atoms with Gasteiger partial charge in [-0.3, -0.25) is 0 Å². The van der Waals surface area contributed by atoms with E-state index in [1.165, 1.54) is 118 Å². The first-order valence-corrected chi connectivity index (χ1v) is 22.9. The summed E-state index contributed by atoms with van der Waals surface area (Å²) in [5.41, 5.74) is 12.4. The van der Waals surface area contributed by atoms with Crippen molar-refractivity contribution in [1.29, 1.82) is 0 Å². The van der Waals surface area contributed by atoms with Gasteiger partial charge < -0.3 is 4.57 Å². The maximum atomic E-state index is 2.46. The molecule has 3 heterocycles. The van der Waals surface area contributed by atoms with Crippen molar-refractivity contribution >= 4 is 95.6 Å². The Labute approximate surface area is 367 Å². The molecule has 0 radical (unpaired) electrons. The normalized spacial score (nSPS) is 12.5. The Kier molecular flexibility index (Phi) is 8.09. The minimum absolute atomic E-state index is 0.0121. The van der Waals surface area contributed by atoms with E-state index in [1.54, 1.807) is 0 Å². The van der Waals surface area contributed by atoms with Crippen LogP contribution in [0.5, 0.6) is 0 Å². The number of para-hydroxylation sites is 2. The van der Waals surface area contributed by atoms with Crippen molar-refractivity contribution in [2.75, 3.05) is 0 Å². The quantitative estimate of drug-likeness (QED) is 0.147. The molecule has 0 aliphatic heterocycles. The Balaban J connectivity index is 1.02. The van der Waals surface area contributed by atoms with Gasteiger partial charge in [0.2, 0.25) is 0 Å². The topological polar surface area (TPSA) is 4.93 Å². The molecule has 1 nitrogen and oxygen atoms in total. The Hall–Kier alpha value is -7.30. The molecular formula is C59H37NS2. The minimum atomic E-state index is -0.0121. The number of nitrogens with zero attached hydrogens (tertiary/aromatic N) is 1. The fourth-order valence-corrected chi connectivity index (χ4v) is 12.5. The highest BCUT2D eigenvalue weighted by molar-refractivity contribution is 7.27. The van der Waals surface area contributed by atoms with E-state index in [0.717, 1.165) is 0 Å². The summed E-state index contributed by atoms with van der Waals surface area (Å²) in [5, 5.41) is 10.4. The van der Waals surface area contributed by atoms with Gasteiger partial charge in [0, 0.05) is 68.1 Å². The average Bonchev–Trinajstić information content (AvgIpc) is 4.02. The molecule has 0 N–H and O–H groups in total. The number of rotatable bonds is 6. The number of aromatic nitrogens is 1. The molecule has 0 amide bonds. The Bertz CT molecular complexity index is 3870. The first-order valence-electron chi connectivity index (χ1n) is 21.3. The summed E-state index contributed by atoms with van der Waals surface area (Å²) < 4.78 is 7.74. The van der Waals surface area contributed by atoms with E-state index in [1.807, 2.05) is 22.7 Å². The highest BCUT2D eigenvalue weighted by Gasteiger charge is 2.22. The van der Waals surface area contributed by atoms with Crippen LogP contribution in [0.3, 0.4) is 0 Å². The van der Waals surface area contributed by atoms with E-state index < -0.39 is 0 Å². The lowest BCUT2D eigenvalue weighted by Gasteiger charge is -2.21. The molecule has 0 bridgehead atoms. The van der Waals surface area contributed by atoms with Crippen LogP contribution in [0.25, 0.3) is 101 Å². The maximum Gasteiger partial charge on any atom is 0.0541 e. The van der Waals surface area contributed by atoms with E-state index in [9.17, 15) is 0 Å². The fourth-order valence-electron chi connectivity index (χ4n) is 10.1. The third-order valence-corrected chi connectivity index (χ3v) is 15.3. The summed E-state index contributed by atoms with van der Waals surface area (Å²) in [6, 6.07) is 81.3. The Morgan fingerprint density at radius 1 is 0.323 bits per heavy atom. The van der Waals surface area contributed by atoms with E-state index in [4.69, 9.17) is 0 Å². The number of fused-ring (bicyclic) bond motifs is 11. The summed E-state index contributed by atoms with van der Waals surface area (Å²) in [7, 11) is 0. The van der Waals surface area contributed by atoms with Gasteiger partial charge in [-0.15, -0.1) is 22.7 Å². The third-order valence-electron chi connectivity index (χ3n) is 12.9. The predicted octanol–water partition coefficient (Wildman–Crippen LogP) is 17.2. The zero-order valence-corrected chi connectivity index (χ0v) is 35.3. The van der Waals surface area contributed by atoms with Crippen molar-refractivity contribution in [2.24, 2.45) is 0 Å². The zero-order chi connectivity index (χ0) is 40.7. The molecule has 0 spiro atoms. The summed E-state index contributed by atoms with van der Waals surface area (Å²) in [6.07, 6.45) is 0. The van der Waals surface area contributed by atoms with Crippen molar-refractivity contribution in [3.63, 3.8) is 0 Å². The minimum Gasteiger partial charge on any atom is -0.309 e. The van der Waals surface area contributed by atoms with Crippen LogP contribution < -0.4 is 0 Å². The number of hydrogen-bond donors (Lipinski definition) is 0. The van der Waals surface area contributed by atoms with Crippen molar-refractivity contribution < 1.29 is 0 Å². The molecule has 0 aliphatic rings. The standard InChI is InChI=1S/C59H37NS2/c1-2-16-42(17-3-1)60-52-24-9-6-19-45(52)50-35-41(32-33-53(50)60)57(38-30-28-37(29-31-38)43-23-13-27-56-58(43)48-22-8-11-26-55(48)61-56)40-15-12-14-39(34-40)49-36-51-46-20-7-10-25-54(46)62-59(51)47-21-5-4-18-44(47)49/h1-36,57H. The number of hydrogen-bond acceptors (Lipinski definition) is 2. The monoisotopic (exact) mass is 823 g/mol. The van der Waals surface area contributed by atoms with Crippen LogP contribution in [-0.4, -0.2) is 4.57 Å². The number of benzene rings is 10. The van der Waals surface area contributed by atoms with Gasteiger partial charge in [-0.25, -0.2) is 0 Å². The van der Waals surface area contributed by atoms with Crippen LogP contribution in [0, 0.1) is 0 Å². The molecule has 0 fully saturated rings. The van der Waals surface area contributed by atoms with Gasteiger partial charge in [0.05, 0.1) is 11.0 Å². The van der Waals surface area contributed by atoms with Gasteiger partial charge in [-0.1, -0.05) is 164 Å². The van der Waals surface area contributed by atoms with Crippen LogP contribution in [0.4, 0.5) is 0 Å². The Morgan fingerprint density at radius 2 is 0.952 bits per heavy atom. The van der Waals surface area contributed by atoms with Crippen molar-refractivity contribution in [3.05, 3.63) is 235 Å². The lowest BCUT2D eigenvalue weighted by Crippen LogP contribution is -2.04. The molecular weight excluding hydrogens is 787 g/mol. The van der Waals surface area contributed by atoms with Gasteiger partial charge in [-0.2, -0.15) is 0 Å². The number of thiophene rings is 2. The summed E-state index contributed by atoms with van der Waals surface area (Å²) in [5.74, 6) is -0.0121. The van der Waals surface area contributed by atoms with Gasteiger partial charge in [0.15, 0.2) is 0 Å². The fraction of sp³-hybridized carbons (Fsp3) is 0.0169. The van der Waals surface area contributed by atoms with Crippen LogP contribution in [0.2, 0.25) is 0 Å². The lowest BCUT2D eigenvalue weighted by molar-refractivity contribution is 0.981. The third kappa shape index (κ3) is 5.52. The summed E-state index contributed by atoms with van der Waals surface area (Å²) >= 11 is 3.77. The van der Waals surface area contributed by atoms with Gasteiger partial charge in [-0.05, 0) is 98.9 Å². The molecule has 0 saturated carbocycles. The largest absolute Gasteiger partial charge is 0.309 e. The van der Waals surface area contributed by atoms with Crippen LogP contribution in [0.15, 0.2) is 218 Å². The maximum absolute atomic E-state index is 2.46. The van der Waals surface area contributed by atoms with Gasteiger partial charge in [0.1, 0.15) is 0 Å². The van der Waals surface area contributed by atoms with Crippen LogP contribution in [0.1, 0.15) is 22.6 Å². The highest BCUT2D eigenvalue weighted by atomic mass is 32.1. The smallest absolute Gasteiger partial charge is 0.0541 e. The molecule has 3 aromatic heterocycles. The van der Waals surface area contributed by atoms with Crippen LogP contribution >= 0.6 is 22.7 Å². The molecule has 1 unspecified atom stereocenters. The second-order valence-electron chi connectivity index (χ2n) is 16.4. The average molecular weight is 824 g/mol. The summed E-state index contributed by atoms with van der Waals surface area (Å²) in [4.78, 5) is 0. The van der Waals surface area contributed by atoms with Crippen LogP contribution in [-0.2, 0) is 0 Å². The van der Waals surface area contributed by atoms with Crippen molar-refractivity contribution in [3.8, 4) is 27.9 Å². The lowest BCUT2D eigenvalue weighted by atomic mass is 9.82.